The fourth-order valence-corrected chi connectivity index (χ4v) is 2.75. The van der Waals surface area contributed by atoms with Crippen LogP contribution in [0.15, 0.2) is 0 Å². The quantitative estimate of drug-likeness (QED) is 0.755. The number of piperidine rings is 1. The number of likely N-dealkylation sites (tertiary alicyclic amines) is 1. The van der Waals surface area contributed by atoms with Crippen LogP contribution in [0.25, 0.3) is 0 Å². The van der Waals surface area contributed by atoms with E-state index in [-0.39, 0.29) is 24.4 Å². The van der Waals surface area contributed by atoms with Crippen LogP contribution in [0.4, 0.5) is 4.79 Å². The Kier molecular flexibility index (Phi) is 3.76. The number of imide groups is 1. The summed E-state index contributed by atoms with van der Waals surface area (Å²) in [4.78, 5) is 27.9. The van der Waals surface area contributed by atoms with Gasteiger partial charge in [0.15, 0.2) is 0 Å². The number of amides is 3. The van der Waals surface area contributed by atoms with Crippen LogP contribution < -0.4 is 5.32 Å². The van der Waals surface area contributed by atoms with Crippen LogP contribution in [0.1, 0.15) is 26.7 Å². The maximum absolute atomic E-state index is 12.5. The van der Waals surface area contributed by atoms with Crippen LogP contribution >= 0.6 is 0 Å². The van der Waals surface area contributed by atoms with Gasteiger partial charge in [-0.1, -0.05) is 6.92 Å². The van der Waals surface area contributed by atoms with Gasteiger partial charge in [0.05, 0.1) is 12.0 Å². The highest BCUT2D eigenvalue weighted by molar-refractivity contribution is 6.07. The molecule has 0 bridgehead atoms. The Labute approximate surface area is 113 Å². The third kappa shape index (κ3) is 2.43. The predicted octanol–water partition coefficient (Wildman–Crippen LogP) is 0.552. The normalized spacial score (nSPS) is 24.4. The molecule has 0 aromatic carbocycles. The van der Waals surface area contributed by atoms with Crippen molar-refractivity contribution in [1.29, 1.82) is 5.26 Å². The first-order valence-electron chi connectivity index (χ1n) is 6.78. The van der Waals surface area contributed by atoms with Crippen LogP contribution in [0.2, 0.25) is 0 Å². The van der Waals surface area contributed by atoms with E-state index in [2.05, 4.69) is 23.2 Å². The molecule has 0 saturated carbocycles. The minimum Gasteiger partial charge on any atom is -0.323 e. The van der Waals surface area contributed by atoms with Crippen molar-refractivity contribution in [3.05, 3.63) is 0 Å². The van der Waals surface area contributed by atoms with E-state index in [0.717, 1.165) is 19.6 Å². The minimum atomic E-state index is -0.724. The van der Waals surface area contributed by atoms with Gasteiger partial charge in [-0.15, -0.1) is 0 Å². The zero-order valence-corrected chi connectivity index (χ0v) is 11.5. The first-order chi connectivity index (χ1) is 9.02. The van der Waals surface area contributed by atoms with Crippen molar-refractivity contribution in [3.8, 4) is 6.07 Å². The molecule has 0 aromatic rings. The van der Waals surface area contributed by atoms with Crippen molar-refractivity contribution in [2.24, 2.45) is 5.92 Å². The molecule has 6 heteroatoms. The second-order valence-corrected chi connectivity index (χ2v) is 5.39. The summed E-state index contributed by atoms with van der Waals surface area (Å²) in [6.07, 6.45) is 1.31. The van der Waals surface area contributed by atoms with Crippen molar-refractivity contribution < 1.29 is 9.59 Å². The third-order valence-corrected chi connectivity index (χ3v) is 4.08. The summed E-state index contributed by atoms with van der Waals surface area (Å²) in [5.41, 5.74) is -0.724. The molecule has 1 N–H and O–H groups in total. The van der Waals surface area contributed by atoms with Gasteiger partial charge in [-0.3, -0.25) is 9.69 Å². The number of nitriles is 1. The minimum absolute atomic E-state index is 0.157. The van der Waals surface area contributed by atoms with Gasteiger partial charge in [0.25, 0.3) is 5.91 Å². The Hall–Kier alpha value is -1.61. The molecular formula is C13H20N4O2. The molecule has 2 aliphatic rings. The second-order valence-electron chi connectivity index (χ2n) is 5.39. The predicted molar refractivity (Wildman–Crippen MR) is 69.1 cm³/mol. The molecule has 1 unspecified atom stereocenters. The maximum Gasteiger partial charge on any atom is 0.325 e. The lowest BCUT2D eigenvalue weighted by atomic mass is 9.87. The van der Waals surface area contributed by atoms with E-state index < -0.39 is 5.54 Å². The molecule has 2 saturated heterocycles. The Morgan fingerprint density at radius 2 is 2.05 bits per heavy atom. The van der Waals surface area contributed by atoms with E-state index in [9.17, 15) is 9.59 Å². The summed E-state index contributed by atoms with van der Waals surface area (Å²) >= 11 is 0. The Morgan fingerprint density at radius 3 is 2.58 bits per heavy atom. The molecule has 2 fully saturated rings. The van der Waals surface area contributed by atoms with Gasteiger partial charge in [0, 0.05) is 19.6 Å². The van der Waals surface area contributed by atoms with Crippen LogP contribution in [0.5, 0.6) is 0 Å². The Bertz CT molecular complexity index is 421. The topological polar surface area (TPSA) is 76.4 Å². The van der Waals surface area contributed by atoms with E-state index in [4.69, 9.17) is 5.26 Å². The Balaban J connectivity index is 2.08. The number of hydrogen-bond donors (Lipinski definition) is 1. The van der Waals surface area contributed by atoms with Gasteiger partial charge < -0.3 is 10.2 Å². The van der Waals surface area contributed by atoms with Gasteiger partial charge in [0.1, 0.15) is 5.54 Å². The molecule has 104 valence electrons. The molecule has 2 aliphatic heterocycles. The lowest BCUT2D eigenvalue weighted by Crippen LogP contribution is -2.54. The van der Waals surface area contributed by atoms with Crippen molar-refractivity contribution in [2.75, 3.05) is 26.2 Å². The number of nitrogens with zero attached hydrogens (tertiary/aromatic N) is 3. The van der Waals surface area contributed by atoms with Gasteiger partial charge in [-0.05, 0) is 26.3 Å². The number of rotatable bonds is 3. The van der Waals surface area contributed by atoms with E-state index in [0.29, 0.717) is 12.8 Å². The summed E-state index contributed by atoms with van der Waals surface area (Å²) in [7, 11) is 0. The molecule has 2 heterocycles. The second kappa shape index (κ2) is 5.17. The first kappa shape index (κ1) is 13.8. The molecular weight excluding hydrogens is 244 g/mol. The molecule has 0 aliphatic carbocycles. The number of urea groups is 1. The summed E-state index contributed by atoms with van der Waals surface area (Å²) < 4.78 is 0. The molecule has 19 heavy (non-hydrogen) atoms. The highest BCUT2D eigenvalue weighted by Gasteiger charge is 2.52. The largest absolute Gasteiger partial charge is 0.325 e. The average molecular weight is 264 g/mol. The summed E-state index contributed by atoms with van der Waals surface area (Å²) in [6, 6.07) is 1.71. The fraction of sp³-hybridized carbons (Fsp3) is 0.769. The van der Waals surface area contributed by atoms with E-state index in [1.54, 1.807) is 6.92 Å². The molecule has 1 spiro atoms. The number of carbonyl (C=O) groups is 2. The van der Waals surface area contributed by atoms with Crippen LogP contribution in [-0.2, 0) is 4.79 Å². The molecule has 0 aromatic heterocycles. The fourth-order valence-electron chi connectivity index (χ4n) is 2.75. The number of nitrogens with one attached hydrogen (secondary N) is 1. The number of hydrogen-bond acceptors (Lipinski definition) is 4. The SMILES string of the molecule is CCN1CCC2(CC1)NC(=O)N(CC(C)C#N)C2=O. The lowest BCUT2D eigenvalue weighted by molar-refractivity contribution is -0.133. The lowest BCUT2D eigenvalue weighted by Gasteiger charge is -2.36. The molecule has 3 amide bonds. The Morgan fingerprint density at radius 1 is 1.42 bits per heavy atom. The van der Waals surface area contributed by atoms with E-state index >= 15 is 0 Å². The van der Waals surface area contributed by atoms with E-state index in [1.165, 1.54) is 4.90 Å². The zero-order chi connectivity index (χ0) is 14.0. The average Bonchev–Trinajstić information content (AvgIpc) is 2.64. The van der Waals surface area contributed by atoms with Crippen LogP contribution in [0.3, 0.4) is 0 Å². The molecule has 6 nitrogen and oxygen atoms in total. The maximum atomic E-state index is 12.5. The van der Waals surface area contributed by atoms with Gasteiger partial charge in [0.2, 0.25) is 0 Å². The smallest absolute Gasteiger partial charge is 0.323 e. The molecule has 2 rings (SSSR count). The molecule has 0 radical (unpaired) electrons. The van der Waals surface area contributed by atoms with Crippen LogP contribution in [0, 0.1) is 17.2 Å². The third-order valence-electron chi connectivity index (χ3n) is 4.08. The first-order valence-corrected chi connectivity index (χ1v) is 6.78. The highest BCUT2D eigenvalue weighted by Crippen LogP contribution is 2.29. The summed E-state index contributed by atoms with van der Waals surface area (Å²) in [5, 5.41) is 11.7. The molecule has 1 atom stereocenters. The standard InChI is InChI=1S/C13H20N4O2/c1-3-16-6-4-13(5-7-16)11(18)17(12(19)15-13)9-10(2)8-14/h10H,3-7,9H2,1-2H3,(H,15,19). The van der Waals surface area contributed by atoms with Gasteiger partial charge >= 0.3 is 6.03 Å². The highest BCUT2D eigenvalue weighted by atomic mass is 16.2. The van der Waals surface area contributed by atoms with Crippen molar-refractivity contribution in [3.63, 3.8) is 0 Å². The van der Waals surface area contributed by atoms with Gasteiger partial charge in [-0.2, -0.15) is 5.26 Å². The van der Waals surface area contributed by atoms with Crippen molar-refractivity contribution in [1.82, 2.24) is 15.1 Å². The van der Waals surface area contributed by atoms with Crippen molar-refractivity contribution in [2.45, 2.75) is 32.2 Å². The zero-order valence-electron chi connectivity index (χ0n) is 11.5. The number of carbonyl (C=O) groups excluding carboxylic acids is 2. The summed E-state index contributed by atoms with van der Waals surface area (Å²) in [6.45, 7) is 6.60. The summed E-state index contributed by atoms with van der Waals surface area (Å²) in [5.74, 6) is -0.490. The van der Waals surface area contributed by atoms with Gasteiger partial charge in [-0.25, -0.2) is 4.79 Å². The van der Waals surface area contributed by atoms with Crippen molar-refractivity contribution >= 4 is 11.9 Å². The monoisotopic (exact) mass is 264 g/mol. The van der Waals surface area contributed by atoms with Crippen LogP contribution in [-0.4, -0.2) is 53.5 Å². The van der Waals surface area contributed by atoms with E-state index in [1.807, 2.05) is 0 Å².